The molecule has 1 heterocycles. The highest BCUT2D eigenvalue weighted by molar-refractivity contribution is 7.48. The first-order valence-corrected chi connectivity index (χ1v) is 23.2. The van der Waals surface area contributed by atoms with Crippen molar-refractivity contribution < 1.29 is 41.5 Å². The molecule has 0 N–H and O–H groups in total. The van der Waals surface area contributed by atoms with Crippen LogP contribution in [0.1, 0.15) is 77.0 Å². The van der Waals surface area contributed by atoms with Crippen molar-refractivity contribution in [3.8, 4) is 0 Å². The van der Waals surface area contributed by atoms with Gasteiger partial charge in [0.1, 0.15) is 24.4 Å². The summed E-state index contributed by atoms with van der Waals surface area (Å²) in [5, 5.41) is 0. The van der Waals surface area contributed by atoms with Crippen molar-refractivity contribution in [2.75, 3.05) is 19.8 Å². The summed E-state index contributed by atoms with van der Waals surface area (Å²) in [5.74, 6) is 0. The largest absolute Gasteiger partial charge is 0.477 e. The normalized spacial score (nSPS) is 21.0. The minimum absolute atomic E-state index is 0.168. The van der Waals surface area contributed by atoms with Gasteiger partial charge in [-0.25, -0.2) is 4.57 Å². The minimum atomic E-state index is -4.09. The van der Waals surface area contributed by atoms with Crippen LogP contribution in [0.3, 0.4) is 0 Å². The lowest BCUT2D eigenvalue weighted by atomic mass is 9.98. The smallest absolute Gasteiger partial charge is 0.406 e. The fourth-order valence-corrected chi connectivity index (χ4v) is 10.3. The van der Waals surface area contributed by atoms with Crippen molar-refractivity contribution in [2.45, 2.75) is 129 Å². The summed E-state index contributed by atoms with van der Waals surface area (Å²) in [7, 11) is -6.43. The van der Waals surface area contributed by atoms with E-state index in [1.54, 1.807) is 0 Å². The molecule has 9 nitrogen and oxygen atoms in total. The molecule has 1 saturated heterocycles. The molecule has 0 aliphatic carbocycles. The zero-order valence-corrected chi connectivity index (χ0v) is 33.8. The quantitative estimate of drug-likeness (QED) is 0.0476. The fraction of sp³-hybridized carbons (Fsp3) is 0.561. The molecule has 288 valence electrons. The lowest BCUT2D eigenvalue weighted by Gasteiger charge is -2.48. The van der Waals surface area contributed by atoms with Gasteiger partial charge in [0.2, 0.25) is 0 Å². The Kier molecular flexibility index (Phi) is 18.7. The van der Waals surface area contributed by atoms with E-state index in [0.29, 0.717) is 32.7 Å². The molecule has 0 radical (unpaired) electrons. The van der Waals surface area contributed by atoms with Gasteiger partial charge in [0, 0.05) is 0 Å². The number of hydrogen-bond donors (Lipinski definition) is 0. The van der Waals surface area contributed by atoms with Gasteiger partial charge in [-0.15, -0.1) is 0 Å². The number of benzene rings is 3. The Morgan fingerprint density at radius 2 is 1.08 bits per heavy atom. The van der Waals surface area contributed by atoms with Gasteiger partial charge >= 0.3 is 7.82 Å². The number of phosphoric ester groups is 1. The molecular formula is C41H61O9PSi. The third-order valence-electron chi connectivity index (χ3n) is 9.60. The molecule has 1 fully saturated rings. The maximum absolute atomic E-state index is 14.4. The summed E-state index contributed by atoms with van der Waals surface area (Å²) in [4.78, 5) is 0. The first kappa shape index (κ1) is 42.5. The van der Waals surface area contributed by atoms with Crippen LogP contribution in [0.5, 0.6) is 0 Å². The van der Waals surface area contributed by atoms with Crippen LogP contribution in [0.4, 0.5) is 0 Å². The highest BCUT2D eigenvalue weighted by Crippen LogP contribution is 2.53. The zero-order chi connectivity index (χ0) is 37.1. The van der Waals surface area contributed by atoms with Crippen molar-refractivity contribution in [2.24, 2.45) is 0 Å². The van der Waals surface area contributed by atoms with Gasteiger partial charge in [-0.2, -0.15) is 0 Å². The van der Waals surface area contributed by atoms with Crippen LogP contribution in [0, 0.1) is 0 Å². The summed E-state index contributed by atoms with van der Waals surface area (Å²) in [6, 6.07) is 32.7. The first-order valence-electron chi connectivity index (χ1n) is 19.2. The number of unbranched alkanes of at least 4 members (excludes halogenated alkanes) is 2. The van der Waals surface area contributed by atoms with Gasteiger partial charge < -0.3 is 23.4 Å². The second-order valence-corrected chi connectivity index (χ2v) is 19.7. The highest BCUT2D eigenvalue weighted by Gasteiger charge is 2.53. The van der Waals surface area contributed by atoms with Crippen LogP contribution in [-0.2, 0) is 61.3 Å². The molecule has 1 aliphatic rings. The molecule has 0 spiro atoms. The predicted molar refractivity (Wildman–Crippen MR) is 207 cm³/mol. The number of ether oxygens (including phenoxy) is 4. The molecular weight excluding hydrogens is 696 g/mol. The Bertz CT molecular complexity index is 1390. The second kappa shape index (κ2) is 22.9. The standard InChI is InChI=1S/C41H61O9PSi/c1-6-11-28-46-51(42,47-29-12-7-2)49-41-40(50-52(8-3,9-4)10-5)39(45-32-36-26-20-15-21-27-36)38(44-31-35-24-18-14-19-25-35)37(48-41)33-43-30-34-22-16-13-17-23-34/h13-27,37-41H,6-12,28-33H2,1-5H3. The second-order valence-electron chi connectivity index (χ2n) is 13.3. The van der Waals surface area contributed by atoms with Crippen molar-refractivity contribution in [1.29, 1.82) is 0 Å². The molecule has 0 amide bonds. The summed E-state index contributed by atoms with van der Waals surface area (Å²) in [6.07, 6.45) is -0.744. The summed E-state index contributed by atoms with van der Waals surface area (Å²) in [6.45, 7) is 12.3. The van der Waals surface area contributed by atoms with E-state index in [4.69, 9.17) is 36.9 Å². The van der Waals surface area contributed by atoms with Crippen LogP contribution in [0.2, 0.25) is 18.1 Å². The van der Waals surface area contributed by atoms with E-state index in [1.165, 1.54) is 0 Å². The first-order chi connectivity index (χ1) is 25.4. The Morgan fingerprint density at radius 3 is 1.54 bits per heavy atom. The molecule has 3 aromatic rings. The fourth-order valence-electron chi connectivity index (χ4n) is 6.17. The van der Waals surface area contributed by atoms with E-state index in [2.05, 4.69) is 34.6 Å². The van der Waals surface area contributed by atoms with Crippen LogP contribution >= 0.6 is 7.82 Å². The van der Waals surface area contributed by atoms with Gasteiger partial charge in [0.15, 0.2) is 14.6 Å². The van der Waals surface area contributed by atoms with Gasteiger partial charge in [0.05, 0.1) is 39.6 Å². The van der Waals surface area contributed by atoms with E-state index in [1.807, 2.05) is 91.0 Å². The van der Waals surface area contributed by atoms with Crippen molar-refractivity contribution in [1.82, 2.24) is 0 Å². The van der Waals surface area contributed by atoms with E-state index in [0.717, 1.165) is 47.7 Å². The lowest BCUT2D eigenvalue weighted by Crippen LogP contribution is -2.64. The van der Waals surface area contributed by atoms with Gasteiger partial charge in [-0.3, -0.25) is 13.6 Å². The van der Waals surface area contributed by atoms with Gasteiger partial charge in [-0.05, 0) is 47.7 Å². The van der Waals surface area contributed by atoms with Crippen LogP contribution in [0.15, 0.2) is 91.0 Å². The molecule has 5 unspecified atom stereocenters. The zero-order valence-electron chi connectivity index (χ0n) is 31.9. The van der Waals surface area contributed by atoms with Crippen molar-refractivity contribution in [3.63, 3.8) is 0 Å². The third kappa shape index (κ3) is 13.3. The van der Waals surface area contributed by atoms with Crippen LogP contribution < -0.4 is 0 Å². The molecule has 0 saturated carbocycles. The third-order valence-corrected chi connectivity index (χ3v) is 15.7. The Labute approximate surface area is 313 Å². The van der Waals surface area contributed by atoms with E-state index < -0.39 is 46.8 Å². The maximum Gasteiger partial charge on any atom is 0.477 e. The molecule has 3 aromatic carbocycles. The Hall–Kier alpha value is -2.21. The number of hydrogen-bond acceptors (Lipinski definition) is 9. The monoisotopic (exact) mass is 756 g/mol. The lowest BCUT2D eigenvalue weighted by molar-refractivity contribution is -0.299. The van der Waals surface area contributed by atoms with Gasteiger partial charge in [-0.1, -0.05) is 138 Å². The Balaban J connectivity index is 1.76. The molecule has 52 heavy (non-hydrogen) atoms. The number of rotatable bonds is 25. The molecule has 0 aromatic heterocycles. The van der Waals surface area contributed by atoms with E-state index >= 15 is 0 Å². The van der Waals surface area contributed by atoms with Crippen molar-refractivity contribution >= 4 is 16.1 Å². The summed E-state index contributed by atoms with van der Waals surface area (Å²) >= 11 is 0. The van der Waals surface area contributed by atoms with E-state index in [-0.39, 0.29) is 19.8 Å². The molecule has 11 heteroatoms. The molecule has 0 bridgehead atoms. The molecule has 5 atom stereocenters. The number of phosphoric acid groups is 1. The van der Waals surface area contributed by atoms with Crippen LogP contribution in [0.25, 0.3) is 0 Å². The van der Waals surface area contributed by atoms with Crippen molar-refractivity contribution in [3.05, 3.63) is 108 Å². The SMILES string of the molecule is CCCCOP(=O)(OCCCC)OC1OC(COCc2ccccc2)C(OCc2ccccc2)C(OCc2ccccc2)C1O[Si](CC)(CC)CC. The van der Waals surface area contributed by atoms with E-state index in [9.17, 15) is 4.57 Å². The van der Waals surface area contributed by atoms with Crippen LogP contribution in [-0.4, -0.2) is 58.8 Å². The Morgan fingerprint density at radius 1 is 0.615 bits per heavy atom. The predicted octanol–water partition coefficient (Wildman–Crippen LogP) is 10.2. The topological polar surface area (TPSA) is 90.9 Å². The van der Waals surface area contributed by atoms with Gasteiger partial charge in [0.25, 0.3) is 0 Å². The molecule has 1 aliphatic heterocycles. The summed E-state index contributed by atoms with van der Waals surface area (Å²) < 4.78 is 66.8. The highest BCUT2D eigenvalue weighted by atomic mass is 31.2. The molecule has 4 rings (SSSR count). The maximum atomic E-state index is 14.4. The summed E-state index contributed by atoms with van der Waals surface area (Å²) in [5.41, 5.74) is 3.06. The minimum Gasteiger partial charge on any atom is -0.406 e. The average molecular weight is 757 g/mol. The average Bonchev–Trinajstić information content (AvgIpc) is 3.18.